The maximum atomic E-state index is 13.3. The lowest BCUT2D eigenvalue weighted by atomic mass is 9.91. The quantitative estimate of drug-likeness (QED) is 0.812. The Morgan fingerprint density at radius 2 is 1.77 bits per heavy atom. The molecule has 1 heterocycles. The molecule has 1 unspecified atom stereocenters. The monoisotopic (exact) mass is 410 g/mol. The average Bonchev–Trinajstić information content (AvgIpc) is 2.79. The Balaban J connectivity index is 1.46. The van der Waals surface area contributed by atoms with Crippen molar-refractivity contribution in [3.05, 3.63) is 42.0 Å². The van der Waals surface area contributed by atoms with Crippen LogP contribution in [0.1, 0.15) is 48.9 Å². The molecule has 2 aromatic rings. The maximum absolute atomic E-state index is 13.3. The molecule has 2 fully saturated rings. The predicted octanol–water partition coefficient (Wildman–Crippen LogP) is 3.12. The number of nitrogens with zero attached hydrogens (tertiary/aromatic N) is 1. The van der Waals surface area contributed by atoms with Crippen LogP contribution in [-0.2, 0) is 4.79 Å². The van der Waals surface area contributed by atoms with Gasteiger partial charge in [-0.25, -0.2) is 0 Å². The molecule has 2 N–H and O–H groups in total. The first-order valence-corrected chi connectivity index (χ1v) is 10.9. The Morgan fingerprint density at radius 1 is 1.03 bits per heavy atom. The van der Waals surface area contributed by atoms with Gasteiger partial charge in [0, 0.05) is 30.1 Å². The largest absolute Gasteiger partial charge is 0.496 e. The van der Waals surface area contributed by atoms with Crippen LogP contribution >= 0.6 is 0 Å². The molecule has 1 aliphatic heterocycles. The van der Waals surface area contributed by atoms with Crippen molar-refractivity contribution in [2.75, 3.05) is 20.2 Å². The number of likely N-dealkylation sites (tertiary alicyclic amines) is 1. The number of ether oxygens (including phenoxy) is 1. The number of rotatable bonds is 4. The van der Waals surface area contributed by atoms with Gasteiger partial charge in [-0.2, -0.15) is 0 Å². The molecule has 0 radical (unpaired) electrons. The highest BCUT2D eigenvalue weighted by Crippen LogP contribution is 2.30. The molecule has 6 heteroatoms. The average molecular weight is 411 g/mol. The molecule has 1 aliphatic carbocycles. The van der Waals surface area contributed by atoms with E-state index in [0.717, 1.165) is 55.0 Å². The molecule has 4 rings (SSSR count). The van der Waals surface area contributed by atoms with Gasteiger partial charge in [0.25, 0.3) is 5.91 Å². The summed E-state index contributed by atoms with van der Waals surface area (Å²) in [7, 11) is 1.63. The number of piperidine rings is 1. The molecule has 1 saturated heterocycles. The second kappa shape index (κ2) is 9.04. The van der Waals surface area contributed by atoms with Gasteiger partial charge in [0.1, 0.15) is 5.75 Å². The molecule has 1 atom stereocenters. The fourth-order valence-electron chi connectivity index (χ4n) is 4.72. The van der Waals surface area contributed by atoms with Crippen molar-refractivity contribution in [3.8, 4) is 5.75 Å². The van der Waals surface area contributed by atoms with E-state index in [1.54, 1.807) is 7.11 Å². The maximum Gasteiger partial charge on any atom is 0.254 e. The summed E-state index contributed by atoms with van der Waals surface area (Å²) in [5.74, 6) is 0.565. The molecule has 6 nitrogen and oxygen atoms in total. The summed E-state index contributed by atoms with van der Waals surface area (Å²) >= 11 is 0. The molecule has 0 bridgehead atoms. The highest BCUT2D eigenvalue weighted by atomic mass is 16.5. The first-order chi connectivity index (χ1) is 14.6. The normalized spacial score (nSPS) is 24.5. The van der Waals surface area contributed by atoms with E-state index in [1.807, 2.05) is 41.3 Å². The number of nitrogens with one attached hydrogen (secondary N) is 1. The molecular formula is C24H30N2O4. The summed E-state index contributed by atoms with van der Waals surface area (Å²) in [6.07, 6.45) is 4.51. The van der Waals surface area contributed by atoms with Crippen molar-refractivity contribution in [2.45, 2.75) is 50.7 Å². The van der Waals surface area contributed by atoms with Crippen molar-refractivity contribution in [1.29, 1.82) is 0 Å². The van der Waals surface area contributed by atoms with E-state index in [0.29, 0.717) is 18.7 Å². The minimum atomic E-state index is -0.236. The van der Waals surface area contributed by atoms with Crippen molar-refractivity contribution in [3.63, 3.8) is 0 Å². The topological polar surface area (TPSA) is 78.9 Å². The van der Waals surface area contributed by atoms with Crippen molar-refractivity contribution < 1.29 is 19.4 Å². The molecule has 30 heavy (non-hydrogen) atoms. The van der Waals surface area contributed by atoms with Gasteiger partial charge in [0.15, 0.2) is 0 Å². The minimum absolute atomic E-state index is 0.0351. The fraction of sp³-hybridized carbons (Fsp3) is 0.500. The zero-order valence-electron chi connectivity index (χ0n) is 17.5. The highest BCUT2D eigenvalue weighted by Gasteiger charge is 2.31. The summed E-state index contributed by atoms with van der Waals surface area (Å²) in [4.78, 5) is 28.0. The molecule has 0 spiro atoms. The first-order valence-electron chi connectivity index (χ1n) is 10.9. The van der Waals surface area contributed by atoms with Crippen LogP contribution in [0.5, 0.6) is 5.75 Å². The van der Waals surface area contributed by atoms with Crippen LogP contribution in [0.3, 0.4) is 0 Å². The number of aliphatic hydroxyl groups excluding tert-OH is 1. The van der Waals surface area contributed by atoms with Gasteiger partial charge in [-0.3, -0.25) is 9.59 Å². The van der Waals surface area contributed by atoms with Gasteiger partial charge in [-0.15, -0.1) is 0 Å². The zero-order valence-corrected chi connectivity index (χ0v) is 17.5. The highest BCUT2D eigenvalue weighted by molar-refractivity contribution is 6.08. The van der Waals surface area contributed by atoms with Crippen LogP contribution in [0.2, 0.25) is 0 Å². The van der Waals surface area contributed by atoms with Gasteiger partial charge in [-0.05, 0) is 56.0 Å². The van der Waals surface area contributed by atoms with Crippen LogP contribution in [0.15, 0.2) is 36.4 Å². The van der Waals surface area contributed by atoms with Crippen molar-refractivity contribution in [2.24, 2.45) is 5.92 Å². The van der Waals surface area contributed by atoms with Crippen LogP contribution < -0.4 is 10.1 Å². The molecule has 2 aromatic carbocycles. The Bertz CT molecular complexity index is 921. The van der Waals surface area contributed by atoms with E-state index in [1.165, 1.54) is 0 Å². The standard InChI is InChI=1S/C24H30N2O4/c1-30-22-13-12-21(19-6-2-3-7-20(19)22)24(29)26-14-4-5-16(15-26)23(28)25-17-8-10-18(27)11-9-17/h2-3,6-7,12-13,16-18,27H,4-5,8-11,14-15H2,1H3,(H,25,28). The second-order valence-electron chi connectivity index (χ2n) is 8.47. The van der Waals surface area contributed by atoms with E-state index in [2.05, 4.69) is 5.32 Å². The van der Waals surface area contributed by atoms with Crippen LogP contribution in [-0.4, -0.2) is 54.2 Å². The van der Waals surface area contributed by atoms with Crippen molar-refractivity contribution >= 4 is 22.6 Å². The van der Waals surface area contributed by atoms with Crippen LogP contribution in [0, 0.1) is 5.92 Å². The lowest BCUT2D eigenvalue weighted by molar-refractivity contribution is -0.127. The number of fused-ring (bicyclic) bond motifs is 1. The van der Waals surface area contributed by atoms with Crippen LogP contribution in [0.4, 0.5) is 0 Å². The number of hydrogen-bond acceptors (Lipinski definition) is 4. The smallest absolute Gasteiger partial charge is 0.254 e. The van der Waals surface area contributed by atoms with Crippen molar-refractivity contribution in [1.82, 2.24) is 10.2 Å². The summed E-state index contributed by atoms with van der Waals surface area (Å²) in [6, 6.07) is 11.5. The van der Waals surface area contributed by atoms with E-state index < -0.39 is 0 Å². The Kier molecular flexibility index (Phi) is 6.23. The molecule has 1 saturated carbocycles. The van der Waals surface area contributed by atoms with Gasteiger partial charge >= 0.3 is 0 Å². The summed E-state index contributed by atoms with van der Waals surface area (Å²) in [5.41, 5.74) is 0.647. The van der Waals surface area contributed by atoms with E-state index in [9.17, 15) is 14.7 Å². The Hall–Kier alpha value is -2.60. The number of carbonyl (C=O) groups excluding carboxylic acids is 2. The number of hydrogen-bond donors (Lipinski definition) is 2. The molecule has 2 amide bonds. The number of carbonyl (C=O) groups is 2. The van der Waals surface area contributed by atoms with Gasteiger partial charge < -0.3 is 20.1 Å². The predicted molar refractivity (Wildman–Crippen MR) is 116 cm³/mol. The molecular weight excluding hydrogens is 380 g/mol. The van der Waals surface area contributed by atoms with Gasteiger partial charge in [0.2, 0.25) is 5.91 Å². The first kappa shape index (κ1) is 20.7. The lowest BCUT2D eigenvalue weighted by Gasteiger charge is -2.34. The number of methoxy groups -OCH3 is 1. The second-order valence-corrected chi connectivity index (χ2v) is 8.47. The summed E-state index contributed by atoms with van der Waals surface area (Å²) < 4.78 is 5.44. The molecule has 2 aliphatic rings. The summed E-state index contributed by atoms with van der Waals surface area (Å²) in [5, 5.41) is 14.6. The SMILES string of the molecule is COc1ccc(C(=O)N2CCCC(C(=O)NC3CCC(O)CC3)C2)c2ccccc12. The molecule has 0 aromatic heterocycles. The van der Waals surface area contributed by atoms with Gasteiger partial charge in [0.05, 0.1) is 19.1 Å². The number of amides is 2. The van der Waals surface area contributed by atoms with E-state index in [-0.39, 0.29) is 29.9 Å². The third-order valence-electron chi connectivity index (χ3n) is 6.46. The zero-order chi connectivity index (χ0) is 21.1. The Morgan fingerprint density at radius 3 is 2.50 bits per heavy atom. The number of aliphatic hydroxyl groups is 1. The van der Waals surface area contributed by atoms with Crippen LogP contribution in [0.25, 0.3) is 10.8 Å². The van der Waals surface area contributed by atoms with E-state index in [4.69, 9.17) is 4.74 Å². The minimum Gasteiger partial charge on any atom is -0.496 e. The fourth-order valence-corrected chi connectivity index (χ4v) is 4.72. The molecule has 160 valence electrons. The summed E-state index contributed by atoms with van der Waals surface area (Å²) in [6.45, 7) is 1.11. The number of benzene rings is 2. The third-order valence-corrected chi connectivity index (χ3v) is 6.46. The van der Waals surface area contributed by atoms with Gasteiger partial charge in [-0.1, -0.05) is 24.3 Å². The lowest BCUT2D eigenvalue weighted by Crippen LogP contribution is -2.48. The Labute approximate surface area is 177 Å². The third kappa shape index (κ3) is 4.29. The van der Waals surface area contributed by atoms with E-state index >= 15 is 0 Å².